The number of carbonyl (C=O) groups is 2. The number of ketones is 1. The Bertz CT molecular complexity index is 813. The molecule has 5 nitrogen and oxygen atoms in total. The summed E-state index contributed by atoms with van der Waals surface area (Å²) in [6, 6.07) is 9.38. The Labute approximate surface area is 154 Å². The van der Waals surface area contributed by atoms with Crippen LogP contribution in [0.15, 0.2) is 36.4 Å². The Balaban J connectivity index is 1.95. The highest BCUT2D eigenvalue weighted by Crippen LogP contribution is 2.20. The molecule has 0 N–H and O–H groups in total. The average Bonchev–Trinajstić information content (AvgIpc) is 2.92. The molecule has 0 saturated carbocycles. The SMILES string of the molecule is COc1ccc(/C=C/C(=O)OCC(=O)c2cc(C)n(C(C)C)c2C)cc1. The number of nitrogens with zero attached hydrogens (tertiary/aromatic N) is 1. The standard InChI is InChI=1S/C21H25NO4/c1-14(2)22-15(3)12-19(16(22)4)20(23)13-26-21(24)11-8-17-6-9-18(25-5)10-7-17/h6-12,14H,13H2,1-5H3/b11-8+. The van der Waals surface area contributed by atoms with E-state index >= 15 is 0 Å². The highest BCUT2D eigenvalue weighted by atomic mass is 16.5. The quantitative estimate of drug-likeness (QED) is 0.426. The third-order valence-electron chi connectivity index (χ3n) is 4.17. The van der Waals surface area contributed by atoms with Crippen molar-refractivity contribution in [1.29, 1.82) is 0 Å². The van der Waals surface area contributed by atoms with Crippen molar-refractivity contribution in [3.05, 3.63) is 58.9 Å². The molecule has 0 fully saturated rings. The maximum absolute atomic E-state index is 12.4. The van der Waals surface area contributed by atoms with E-state index in [4.69, 9.17) is 9.47 Å². The van der Waals surface area contributed by atoms with Crippen molar-refractivity contribution in [3.8, 4) is 5.75 Å². The fourth-order valence-corrected chi connectivity index (χ4v) is 3.00. The number of benzene rings is 1. The minimum atomic E-state index is -0.549. The van der Waals surface area contributed by atoms with Gasteiger partial charge in [0, 0.05) is 29.1 Å². The number of methoxy groups -OCH3 is 1. The number of aryl methyl sites for hydroxylation is 1. The lowest BCUT2D eigenvalue weighted by Gasteiger charge is -2.13. The van der Waals surface area contributed by atoms with Crippen LogP contribution in [0.1, 0.15) is 47.2 Å². The van der Waals surface area contributed by atoms with E-state index in [1.165, 1.54) is 6.08 Å². The van der Waals surface area contributed by atoms with Crippen molar-refractivity contribution in [2.24, 2.45) is 0 Å². The number of Topliss-reactive ketones (excluding diaryl/α,β-unsaturated/α-hetero) is 1. The van der Waals surface area contributed by atoms with Crippen LogP contribution in [0, 0.1) is 13.8 Å². The molecule has 0 amide bonds. The van der Waals surface area contributed by atoms with E-state index < -0.39 is 5.97 Å². The lowest BCUT2D eigenvalue weighted by molar-refractivity contribution is -0.136. The molecule has 2 rings (SSSR count). The summed E-state index contributed by atoms with van der Waals surface area (Å²) in [5.41, 5.74) is 3.36. The second-order valence-corrected chi connectivity index (χ2v) is 6.39. The summed E-state index contributed by atoms with van der Waals surface area (Å²) >= 11 is 0. The Morgan fingerprint density at radius 1 is 1.15 bits per heavy atom. The summed E-state index contributed by atoms with van der Waals surface area (Å²) in [5, 5.41) is 0. The van der Waals surface area contributed by atoms with Crippen molar-refractivity contribution in [3.63, 3.8) is 0 Å². The highest BCUT2D eigenvalue weighted by molar-refractivity contribution is 6.00. The molecule has 1 heterocycles. The van der Waals surface area contributed by atoms with E-state index in [1.54, 1.807) is 25.3 Å². The third kappa shape index (κ3) is 4.63. The van der Waals surface area contributed by atoms with Crippen molar-refractivity contribution in [2.45, 2.75) is 33.7 Å². The first-order valence-corrected chi connectivity index (χ1v) is 8.54. The number of ether oxygens (including phenoxy) is 2. The lowest BCUT2D eigenvalue weighted by atomic mass is 10.1. The fraction of sp³-hybridized carbons (Fsp3) is 0.333. The molecule has 0 spiro atoms. The Hall–Kier alpha value is -2.82. The van der Waals surface area contributed by atoms with Crippen molar-refractivity contribution >= 4 is 17.8 Å². The molecule has 2 aromatic rings. The second kappa shape index (κ2) is 8.52. The summed E-state index contributed by atoms with van der Waals surface area (Å²) in [5.74, 6) is -0.00245. The maximum Gasteiger partial charge on any atom is 0.331 e. The topological polar surface area (TPSA) is 57.5 Å². The predicted octanol–water partition coefficient (Wildman–Crippen LogP) is 4.13. The molecule has 0 atom stereocenters. The summed E-state index contributed by atoms with van der Waals surface area (Å²) in [6.07, 6.45) is 2.95. The van der Waals surface area contributed by atoms with E-state index in [-0.39, 0.29) is 18.4 Å². The third-order valence-corrected chi connectivity index (χ3v) is 4.17. The first kappa shape index (κ1) is 19.5. The molecule has 0 aliphatic carbocycles. The van der Waals surface area contributed by atoms with Gasteiger partial charge < -0.3 is 14.0 Å². The minimum Gasteiger partial charge on any atom is -0.497 e. The van der Waals surface area contributed by atoms with Gasteiger partial charge in [0.2, 0.25) is 5.78 Å². The summed E-state index contributed by atoms with van der Waals surface area (Å²) < 4.78 is 12.3. The zero-order chi connectivity index (χ0) is 19.3. The number of hydrogen-bond donors (Lipinski definition) is 0. The van der Waals surface area contributed by atoms with Crippen LogP contribution < -0.4 is 4.74 Å². The molecule has 0 bridgehead atoms. The van der Waals surface area contributed by atoms with Crippen LogP contribution in [0.5, 0.6) is 5.75 Å². The van der Waals surface area contributed by atoms with Crippen LogP contribution in [0.2, 0.25) is 0 Å². The first-order chi connectivity index (χ1) is 12.3. The maximum atomic E-state index is 12.4. The molecule has 0 saturated heterocycles. The van der Waals surface area contributed by atoms with Crippen LogP contribution in [-0.2, 0) is 9.53 Å². The molecular formula is C21H25NO4. The van der Waals surface area contributed by atoms with Crippen LogP contribution in [0.25, 0.3) is 6.08 Å². The van der Waals surface area contributed by atoms with E-state index in [9.17, 15) is 9.59 Å². The zero-order valence-corrected chi connectivity index (χ0v) is 15.9. The second-order valence-electron chi connectivity index (χ2n) is 6.39. The van der Waals surface area contributed by atoms with Crippen LogP contribution >= 0.6 is 0 Å². The summed E-state index contributed by atoms with van der Waals surface area (Å²) in [4.78, 5) is 24.2. The number of carbonyl (C=O) groups excluding carboxylic acids is 2. The van der Waals surface area contributed by atoms with E-state index in [1.807, 2.05) is 32.0 Å². The van der Waals surface area contributed by atoms with Crippen LogP contribution in [0.4, 0.5) is 0 Å². The van der Waals surface area contributed by atoms with Gasteiger partial charge in [-0.3, -0.25) is 4.79 Å². The number of hydrogen-bond acceptors (Lipinski definition) is 4. The Kier molecular flexibility index (Phi) is 6.39. The molecule has 26 heavy (non-hydrogen) atoms. The van der Waals surface area contributed by atoms with Crippen molar-refractivity contribution in [2.75, 3.05) is 13.7 Å². The summed E-state index contributed by atoms with van der Waals surface area (Å²) in [6.45, 7) is 7.74. The van der Waals surface area contributed by atoms with E-state index in [0.29, 0.717) is 5.56 Å². The molecular weight excluding hydrogens is 330 g/mol. The minimum absolute atomic E-state index is 0.198. The number of aromatic nitrogens is 1. The first-order valence-electron chi connectivity index (χ1n) is 8.54. The Morgan fingerprint density at radius 3 is 2.35 bits per heavy atom. The van der Waals surface area contributed by atoms with Gasteiger partial charge >= 0.3 is 5.97 Å². The van der Waals surface area contributed by atoms with Crippen molar-refractivity contribution in [1.82, 2.24) is 4.57 Å². The fourth-order valence-electron chi connectivity index (χ4n) is 3.00. The van der Waals surface area contributed by atoms with Gasteiger partial charge in [-0.15, -0.1) is 0 Å². The lowest BCUT2D eigenvalue weighted by Crippen LogP contribution is -2.14. The van der Waals surface area contributed by atoms with Gasteiger partial charge in [0.25, 0.3) is 0 Å². The van der Waals surface area contributed by atoms with Gasteiger partial charge in [-0.2, -0.15) is 0 Å². The molecule has 1 aromatic heterocycles. The van der Waals surface area contributed by atoms with Crippen LogP contribution in [-0.4, -0.2) is 30.0 Å². The molecule has 0 aliphatic heterocycles. The smallest absolute Gasteiger partial charge is 0.331 e. The molecule has 0 unspecified atom stereocenters. The normalized spacial score (nSPS) is 11.2. The zero-order valence-electron chi connectivity index (χ0n) is 15.9. The van der Waals surface area contributed by atoms with Crippen LogP contribution in [0.3, 0.4) is 0 Å². The largest absolute Gasteiger partial charge is 0.497 e. The van der Waals surface area contributed by atoms with E-state index in [2.05, 4.69) is 18.4 Å². The highest BCUT2D eigenvalue weighted by Gasteiger charge is 2.18. The van der Waals surface area contributed by atoms with Gasteiger partial charge in [0.15, 0.2) is 6.61 Å². The van der Waals surface area contributed by atoms with Gasteiger partial charge in [-0.05, 0) is 57.5 Å². The molecule has 0 aliphatic rings. The molecule has 1 aromatic carbocycles. The summed E-state index contributed by atoms with van der Waals surface area (Å²) in [7, 11) is 1.60. The molecule has 138 valence electrons. The molecule has 0 radical (unpaired) electrons. The van der Waals surface area contributed by atoms with Gasteiger partial charge in [0.05, 0.1) is 7.11 Å². The Morgan fingerprint density at radius 2 is 1.81 bits per heavy atom. The average molecular weight is 355 g/mol. The monoisotopic (exact) mass is 355 g/mol. The predicted molar refractivity (Wildman–Crippen MR) is 102 cm³/mol. The van der Waals surface area contributed by atoms with Gasteiger partial charge in [0.1, 0.15) is 5.75 Å². The number of rotatable bonds is 7. The van der Waals surface area contributed by atoms with E-state index in [0.717, 1.165) is 22.7 Å². The van der Waals surface area contributed by atoms with Crippen molar-refractivity contribution < 1.29 is 19.1 Å². The van der Waals surface area contributed by atoms with Gasteiger partial charge in [-0.25, -0.2) is 4.79 Å². The van der Waals surface area contributed by atoms with Gasteiger partial charge in [-0.1, -0.05) is 12.1 Å². The number of esters is 1. The molecule has 5 heteroatoms.